The van der Waals surface area contributed by atoms with Gasteiger partial charge in [0, 0.05) is 38.1 Å². The number of nitrogens with zero attached hydrogens (tertiary/aromatic N) is 6. The van der Waals surface area contributed by atoms with Gasteiger partial charge >= 0.3 is 51.4 Å². The van der Waals surface area contributed by atoms with E-state index in [1.807, 2.05) is 24.3 Å². The number of hydrogen-bond donors (Lipinski definition) is 1. The smallest absolute Gasteiger partial charge is 0.497 e. The topological polar surface area (TPSA) is 150 Å². The summed E-state index contributed by atoms with van der Waals surface area (Å²) in [4.78, 5) is 13.1. The summed E-state index contributed by atoms with van der Waals surface area (Å²) in [6.45, 7) is 0.958. The first-order chi connectivity index (χ1) is 19.0. The van der Waals surface area contributed by atoms with Crippen LogP contribution in [0.2, 0.25) is 0 Å². The maximum Gasteiger partial charge on any atom is 1.00 e. The Bertz CT molecular complexity index is 1760. The summed E-state index contributed by atoms with van der Waals surface area (Å²) >= 11 is 0. The molecule has 1 fully saturated rings. The second kappa shape index (κ2) is 13.0. The summed E-state index contributed by atoms with van der Waals surface area (Å²) in [5, 5.41) is 3.07. The number of fused-ring (bicyclic) bond motifs is 1. The van der Waals surface area contributed by atoms with Crippen molar-refractivity contribution in [1.29, 1.82) is 0 Å². The third kappa shape index (κ3) is 7.65. The Kier molecular flexibility index (Phi) is 10.1. The monoisotopic (exact) mass is 623 g/mol. The number of benzene rings is 2. The molecule has 4 aromatic rings. The van der Waals surface area contributed by atoms with Crippen LogP contribution in [0.15, 0.2) is 60.0 Å². The van der Waals surface area contributed by atoms with Gasteiger partial charge in [0.25, 0.3) is 0 Å². The number of nitrogens with one attached hydrogen (secondary N) is 1. The maximum absolute atomic E-state index is 13.1. The van der Waals surface area contributed by atoms with Gasteiger partial charge in [0.05, 0.1) is 25.2 Å². The molecular weight excluding hydrogens is 594 g/mol. The van der Waals surface area contributed by atoms with E-state index >= 15 is 0 Å². The molecule has 5 rings (SSSR count). The van der Waals surface area contributed by atoms with E-state index in [2.05, 4.69) is 25.0 Å². The molecule has 2 aromatic carbocycles. The second-order valence-electron chi connectivity index (χ2n) is 9.79. The number of piperidine rings is 1. The SMILES string of the molecule is COc1ccc(CC2CCN(S(C)(=O)=O)CC2)c(Nc2nc3ccccc3nc2[N-]S(=O)(=O)c2cn(C)cn2)c1.[K+]. The molecule has 1 N–H and O–H groups in total. The van der Waals surface area contributed by atoms with Crippen molar-refractivity contribution in [3.63, 3.8) is 0 Å². The number of imidazole rings is 1. The van der Waals surface area contributed by atoms with Gasteiger partial charge in [0.1, 0.15) is 11.6 Å². The fourth-order valence-corrected chi connectivity index (χ4v) is 6.48. The molecule has 0 atom stereocenters. The van der Waals surface area contributed by atoms with Crippen LogP contribution in [0, 0.1) is 5.92 Å². The van der Waals surface area contributed by atoms with Crippen molar-refractivity contribution >= 4 is 48.4 Å². The van der Waals surface area contributed by atoms with Gasteiger partial charge in [-0.1, -0.05) is 24.3 Å². The number of sulfonamides is 2. The molecule has 1 saturated heterocycles. The van der Waals surface area contributed by atoms with E-state index in [9.17, 15) is 16.8 Å². The molecule has 0 bridgehead atoms. The minimum absolute atomic E-state index is 0. The Balaban J connectivity index is 0.00000387. The van der Waals surface area contributed by atoms with Crippen LogP contribution >= 0.6 is 0 Å². The molecular formula is C26H30KN7O5S2. The minimum atomic E-state index is -4.17. The number of aromatic nitrogens is 4. The van der Waals surface area contributed by atoms with Crippen LogP contribution in [0.1, 0.15) is 18.4 Å². The zero-order chi connectivity index (χ0) is 28.5. The Morgan fingerprint density at radius 1 is 1.05 bits per heavy atom. The normalized spacial score (nSPS) is 14.9. The summed E-state index contributed by atoms with van der Waals surface area (Å²) in [6.07, 6.45) is 6.14. The first-order valence-electron chi connectivity index (χ1n) is 12.6. The average molecular weight is 624 g/mol. The van der Waals surface area contributed by atoms with Crippen molar-refractivity contribution in [3.05, 3.63) is 65.3 Å². The van der Waals surface area contributed by atoms with Crippen LogP contribution in [-0.2, 0) is 33.5 Å². The van der Waals surface area contributed by atoms with E-state index in [-0.39, 0.29) is 74.0 Å². The van der Waals surface area contributed by atoms with Crippen LogP contribution in [0.25, 0.3) is 15.8 Å². The van der Waals surface area contributed by atoms with Crippen LogP contribution in [0.3, 0.4) is 0 Å². The van der Waals surface area contributed by atoms with E-state index in [1.54, 1.807) is 32.4 Å². The number of para-hydroxylation sites is 2. The van der Waals surface area contributed by atoms with Gasteiger partial charge < -0.3 is 24.3 Å². The van der Waals surface area contributed by atoms with Gasteiger partial charge in [-0.3, -0.25) is 0 Å². The molecule has 0 spiro atoms. The van der Waals surface area contributed by atoms with Crippen LogP contribution in [-0.4, -0.2) is 67.1 Å². The third-order valence-electron chi connectivity index (χ3n) is 6.83. The number of hydrogen-bond acceptors (Lipinski definition) is 9. The Hall–Kier alpha value is -2.11. The molecule has 2 aromatic heterocycles. The molecule has 1 aliphatic rings. The number of aryl methyl sites for hydroxylation is 1. The number of ether oxygens (including phenoxy) is 1. The molecule has 0 radical (unpaired) electrons. The predicted molar refractivity (Wildman–Crippen MR) is 152 cm³/mol. The molecule has 0 saturated carbocycles. The van der Waals surface area contributed by atoms with Crippen LogP contribution in [0.4, 0.5) is 17.3 Å². The molecule has 212 valence electrons. The summed E-state index contributed by atoms with van der Waals surface area (Å²) < 4.78 is 62.5. The zero-order valence-corrected chi connectivity index (χ0v) is 28.1. The summed E-state index contributed by atoms with van der Waals surface area (Å²) in [6, 6.07) is 12.7. The number of methoxy groups -OCH3 is 1. The summed E-state index contributed by atoms with van der Waals surface area (Å²) in [5.74, 6) is 0.939. The van der Waals surface area contributed by atoms with Crippen molar-refractivity contribution in [2.24, 2.45) is 13.0 Å². The minimum Gasteiger partial charge on any atom is -0.497 e. The summed E-state index contributed by atoms with van der Waals surface area (Å²) in [5.41, 5.74) is 2.68. The largest absolute Gasteiger partial charge is 1.00 e. The number of anilines is 2. The maximum atomic E-state index is 13.1. The molecule has 15 heteroatoms. The first-order valence-corrected chi connectivity index (χ1v) is 15.9. The van der Waals surface area contributed by atoms with E-state index in [4.69, 9.17) is 4.74 Å². The van der Waals surface area contributed by atoms with Gasteiger partial charge in [-0.15, -0.1) is 0 Å². The standard InChI is InChI=1S/C26H30N7O5S2.K/c1-32-16-24(27-17-32)40(36,37)31-26-25(28-21-6-4-5-7-22(21)29-26)30-23-15-20(38-2)9-8-19(23)14-18-10-12-33(13-11-18)39(3,34)35;/h4-9,15-18H,10-14H2,1-3H3,(H-,28,29,30,31);/q-1;+1. The van der Waals surface area contributed by atoms with Gasteiger partial charge in [-0.05, 0) is 54.2 Å². The van der Waals surface area contributed by atoms with E-state index in [0.29, 0.717) is 42.0 Å². The fraction of sp³-hybridized carbons (Fsp3) is 0.346. The van der Waals surface area contributed by atoms with Crippen molar-refractivity contribution in [1.82, 2.24) is 23.8 Å². The van der Waals surface area contributed by atoms with Crippen molar-refractivity contribution in [2.45, 2.75) is 24.3 Å². The first kappa shape index (κ1) is 31.8. The molecule has 0 unspecified atom stereocenters. The fourth-order valence-electron chi connectivity index (χ4n) is 4.68. The van der Waals surface area contributed by atoms with Gasteiger partial charge in [-0.2, -0.15) is 0 Å². The van der Waals surface area contributed by atoms with Crippen LogP contribution < -0.4 is 61.4 Å². The van der Waals surface area contributed by atoms with Crippen molar-refractivity contribution in [3.8, 4) is 5.75 Å². The molecule has 0 amide bonds. The molecule has 3 heterocycles. The van der Waals surface area contributed by atoms with Gasteiger partial charge in [-0.25, -0.2) is 31.1 Å². The third-order valence-corrected chi connectivity index (χ3v) is 9.28. The molecule has 41 heavy (non-hydrogen) atoms. The molecule has 0 aliphatic carbocycles. The Labute approximate surface area is 282 Å². The number of rotatable bonds is 9. The molecule has 12 nitrogen and oxygen atoms in total. The molecule has 1 aliphatic heterocycles. The second-order valence-corrected chi connectivity index (χ2v) is 13.3. The predicted octanol–water partition coefficient (Wildman–Crippen LogP) is 0.728. The van der Waals surface area contributed by atoms with E-state index in [0.717, 1.165) is 18.4 Å². The van der Waals surface area contributed by atoms with E-state index < -0.39 is 20.0 Å². The summed E-state index contributed by atoms with van der Waals surface area (Å²) in [7, 11) is -4.14. The van der Waals surface area contributed by atoms with Crippen LogP contribution in [0.5, 0.6) is 5.75 Å². The zero-order valence-electron chi connectivity index (χ0n) is 23.4. The van der Waals surface area contributed by atoms with Gasteiger partial charge in [0.2, 0.25) is 20.0 Å². The quantitative estimate of drug-likeness (QED) is 0.266. The van der Waals surface area contributed by atoms with Crippen molar-refractivity contribution < 1.29 is 73.0 Å². The Morgan fingerprint density at radius 3 is 2.34 bits per heavy atom. The van der Waals surface area contributed by atoms with Crippen molar-refractivity contribution in [2.75, 3.05) is 31.8 Å². The van der Waals surface area contributed by atoms with Gasteiger partial charge in [0.15, 0.2) is 5.03 Å². The van der Waals surface area contributed by atoms with E-state index in [1.165, 1.54) is 27.7 Å². The Morgan fingerprint density at radius 2 is 1.73 bits per heavy atom. The average Bonchev–Trinajstić information content (AvgIpc) is 3.37.